The third-order valence-corrected chi connectivity index (χ3v) is 8.68. The lowest BCUT2D eigenvalue weighted by molar-refractivity contribution is -0.123. The van der Waals surface area contributed by atoms with Crippen LogP contribution in [0.4, 0.5) is 0 Å². The minimum absolute atomic E-state index is 0.100. The van der Waals surface area contributed by atoms with Crippen molar-refractivity contribution >= 4 is 58.6 Å². The highest BCUT2D eigenvalue weighted by molar-refractivity contribution is 7.80. The molecule has 0 radical (unpaired) electrons. The summed E-state index contributed by atoms with van der Waals surface area (Å²) < 4.78 is 10.8. The molecule has 10 nitrogen and oxygen atoms in total. The number of amides is 2. The van der Waals surface area contributed by atoms with Crippen molar-refractivity contribution in [2.75, 3.05) is 92.9 Å². The van der Waals surface area contributed by atoms with E-state index in [-0.39, 0.29) is 11.8 Å². The van der Waals surface area contributed by atoms with E-state index in [1.165, 1.54) is 0 Å². The summed E-state index contributed by atoms with van der Waals surface area (Å²) >= 11 is 11.2. The van der Waals surface area contributed by atoms with Crippen LogP contribution in [-0.4, -0.2) is 144 Å². The molecule has 2 amide bonds. The number of hydrogen-bond acceptors (Lipinski definition) is 8. The molecule has 5 rings (SSSR count). The number of likely N-dealkylation sites (N-methyl/N-ethyl adjacent to an activating group) is 2. The van der Waals surface area contributed by atoms with Crippen LogP contribution in [0.5, 0.6) is 0 Å². The van der Waals surface area contributed by atoms with Gasteiger partial charge in [0.2, 0.25) is 0 Å². The Labute approximate surface area is 246 Å². The van der Waals surface area contributed by atoms with E-state index in [4.69, 9.17) is 33.9 Å². The molecule has 0 saturated carbocycles. The minimum atomic E-state index is -0.100. The van der Waals surface area contributed by atoms with E-state index in [2.05, 4.69) is 9.80 Å². The molecular weight excluding hydrogens is 548 g/mol. The highest BCUT2D eigenvalue weighted by Crippen LogP contribution is 2.25. The van der Waals surface area contributed by atoms with Gasteiger partial charge in [-0.1, -0.05) is 18.2 Å². The number of thiocarbonyl (C=S) groups is 2. The molecule has 0 atom stereocenters. The summed E-state index contributed by atoms with van der Waals surface area (Å²) in [7, 11) is 3.65. The van der Waals surface area contributed by atoms with Crippen molar-refractivity contribution in [2.45, 2.75) is 0 Å². The van der Waals surface area contributed by atoms with Crippen LogP contribution in [0.2, 0.25) is 0 Å². The fourth-order valence-electron chi connectivity index (χ4n) is 5.20. The van der Waals surface area contributed by atoms with E-state index in [0.29, 0.717) is 34.7 Å². The minimum Gasteiger partial charge on any atom is -0.379 e. The van der Waals surface area contributed by atoms with Crippen molar-refractivity contribution in [3.05, 3.63) is 46.8 Å². The SMILES string of the molecule is CN1C(=S)N(CCN2CCOCC2)C(=O)C1=Cc1cccc(C=C2C(=O)N(CCN3CCOCC3)C(=S)N2C)c1. The summed E-state index contributed by atoms with van der Waals surface area (Å²) in [5, 5.41) is 1.01. The monoisotopic (exact) mass is 584 g/mol. The van der Waals surface area contributed by atoms with Crippen molar-refractivity contribution in [3.63, 3.8) is 0 Å². The van der Waals surface area contributed by atoms with Gasteiger partial charge >= 0.3 is 0 Å². The van der Waals surface area contributed by atoms with Gasteiger partial charge < -0.3 is 19.3 Å². The van der Waals surface area contributed by atoms with E-state index in [9.17, 15) is 9.59 Å². The van der Waals surface area contributed by atoms with Gasteiger partial charge in [0.25, 0.3) is 11.8 Å². The lowest BCUT2D eigenvalue weighted by Crippen LogP contribution is -2.43. The highest BCUT2D eigenvalue weighted by atomic mass is 32.1. The van der Waals surface area contributed by atoms with E-state index >= 15 is 0 Å². The topological polar surface area (TPSA) is 72.0 Å². The number of hydrogen-bond donors (Lipinski definition) is 0. The van der Waals surface area contributed by atoms with Crippen molar-refractivity contribution in [2.24, 2.45) is 0 Å². The first-order valence-corrected chi connectivity index (χ1v) is 14.5. The second-order valence-corrected chi connectivity index (χ2v) is 11.0. The van der Waals surface area contributed by atoms with Gasteiger partial charge in [-0.15, -0.1) is 0 Å². The Balaban J connectivity index is 1.27. The Morgan fingerprint density at radius 2 is 1.10 bits per heavy atom. The van der Waals surface area contributed by atoms with Crippen LogP contribution in [0.1, 0.15) is 11.1 Å². The van der Waals surface area contributed by atoms with Crippen molar-refractivity contribution in [1.82, 2.24) is 29.4 Å². The smallest absolute Gasteiger partial charge is 0.276 e. The van der Waals surface area contributed by atoms with Gasteiger partial charge in [0, 0.05) is 66.5 Å². The Hall–Kier alpha value is -2.74. The summed E-state index contributed by atoms with van der Waals surface area (Å²) in [5.74, 6) is -0.201. The summed E-state index contributed by atoms with van der Waals surface area (Å²) in [4.78, 5) is 38.0. The van der Waals surface area contributed by atoms with Gasteiger partial charge in [0.05, 0.1) is 26.4 Å². The number of nitrogens with zero attached hydrogens (tertiary/aromatic N) is 6. The zero-order valence-electron chi connectivity index (χ0n) is 23.1. The molecule has 214 valence electrons. The van der Waals surface area contributed by atoms with Gasteiger partial charge in [-0.25, -0.2) is 0 Å². The van der Waals surface area contributed by atoms with Gasteiger partial charge in [0.15, 0.2) is 10.2 Å². The van der Waals surface area contributed by atoms with Crippen molar-refractivity contribution in [1.29, 1.82) is 0 Å². The van der Waals surface area contributed by atoms with Crippen LogP contribution in [0.3, 0.4) is 0 Å². The molecule has 0 aromatic heterocycles. The summed E-state index contributed by atoms with van der Waals surface area (Å²) in [6, 6.07) is 7.76. The van der Waals surface area contributed by atoms with Crippen LogP contribution in [0.15, 0.2) is 35.7 Å². The number of rotatable bonds is 8. The lowest BCUT2D eigenvalue weighted by atomic mass is 10.1. The molecule has 40 heavy (non-hydrogen) atoms. The molecule has 4 aliphatic rings. The quantitative estimate of drug-likeness (QED) is 0.328. The van der Waals surface area contributed by atoms with Crippen LogP contribution < -0.4 is 0 Å². The Morgan fingerprint density at radius 3 is 1.50 bits per heavy atom. The van der Waals surface area contributed by atoms with Crippen molar-refractivity contribution < 1.29 is 19.1 Å². The van der Waals surface area contributed by atoms with Crippen LogP contribution in [0, 0.1) is 0 Å². The molecule has 0 unspecified atom stereocenters. The first-order valence-electron chi connectivity index (χ1n) is 13.7. The van der Waals surface area contributed by atoms with E-state index in [0.717, 1.165) is 76.8 Å². The average molecular weight is 585 g/mol. The van der Waals surface area contributed by atoms with Gasteiger partial charge in [-0.2, -0.15) is 0 Å². The molecule has 12 heteroatoms. The predicted molar refractivity (Wildman–Crippen MR) is 161 cm³/mol. The number of carbonyl (C=O) groups is 2. The third-order valence-electron chi connectivity index (χ3n) is 7.69. The lowest BCUT2D eigenvalue weighted by Gasteiger charge is -2.28. The number of ether oxygens (including phenoxy) is 2. The number of morpholine rings is 2. The molecule has 0 N–H and O–H groups in total. The van der Waals surface area contributed by atoms with Crippen molar-refractivity contribution in [3.8, 4) is 0 Å². The molecule has 4 heterocycles. The van der Waals surface area contributed by atoms with E-state index in [1.807, 2.05) is 50.5 Å². The fourth-order valence-corrected chi connectivity index (χ4v) is 5.75. The molecule has 4 fully saturated rings. The molecule has 1 aromatic carbocycles. The average Bonchev–Trinajstić information content (AvgIpc) is 3.30. The van der Waals surface area contributed by atoms with Crippen LogP contribution in [0.25, 0.3) is 12.2 Å². The zero-order valence-corrected chi connectivity index (χ0v) is 24.7. The van der Waals surface area contributed by atoms with Gasteiger partial charge in [-0.05, 0) is 53.8 Å². The molecule has 0 aliphatic carbocycles. The van der Waals surface area contributed by atoms with E-state index < -0.39 is 0 Å². The maximum absolute atomic E-state index is 13.3. The summed E-state index contributed by atoms with van der Waals surface area (Å²) in [5.41, 5.74) is 2.76. The molecule has 4 saturated heterocycles. The molecular formula is C28H36N6O4S2. The maximum atomic E-state index is 13.3. The first kappa shape index (κ1) is 28.8. The third kappa shape index (κ3) is 6.27. The summed E-state index contributed by atoms with van der Waals surface area (Å²) in [6.07, 6.45) is 3.70. The number of benzene rings is 1. The fraction of sp³-hybridized carbons (Fsp3) is 0.500. The van der Waals surface area contributed by atoms with Crippen LogP contribution >= 0.6 is 24.4 Å². The highest BCUT2D eigenvalue weighted by Gasteiger charge is 2.37. The Bertz CT molecular complexity index is 1140. The Kier molecular flexibility index (Phi) is 9.24. The van der Waals surface area contributed by atoms with Crippen LogP contribution in [-0.2, 0) is 19.1 Å². The number of carbonyl (C=O) groups excluding carboxylic acids is 2. The standard InChI is InChI=1S/C28H36N6O4S2/c1-29-23(25(35)33(27(29)39)8-6-31-10-14-37-15-11-31)19-21-4-3-5-22(18-21)20-24-26(36)34(28(40)30(24)2)9-7-32-12-16-38-17-13-32/h3-5,18-20H,6-17H2,1-2H3. The second-order valence-electron chi connectivity index (χ2n) is 10.2. The maximum Gasteiger partial charge on any atom is 0.276 e. The second kappa shape index (κ2) is 12.8. The molecule has 1 aromatic rings. The predicted octanol–water partition coefficient (Wildman–Crippen LogP) is 1.15. The van der Waals surface area contributed by atoms with Gasteiger partial charge in [0.1, 0.15) is 11.4 Å². The molecule has 0 bridgehead atoms. The van der Waals surface area contributed by atoms with E-state index in [1.54, 1.807) is 19.6 Å². The molecule has 4 aliphatic heterocycles. The summed E-state index contributed by atoms with van der Waals surface area (Å²) in [6.45, 7) is 8.93. The first-order chi connectivity index (χ1) is 19.3. The Morgan fingerprint density at radius 1 is 0.700 bits per heavy atom. The largest absolute Gasteiger partial charge is 0.379 e. The van der Waals surface area contributed by atoms with Gasteiger partial charge in [-0.3, -0.25) is 29.2 Å². The molecule has 0 spiro atoms. The zero-order chi connectivity index (χ0) is 28.2. The normalized spacial score (nSPS) is 23.6.